The number of nitrogen functional groups attached to an aromatic ring is 1. The Bertz CT molecular complexity index is 361. The lowest BCUT2D eigenvalue weighted by Crippen LogP contribution is -2.37. The van der Waals surface area contributed by atoms with Crippen molar-refractivity contribution in [2.75, 3.05) is 23.7 Å². The zero-order valence-electron chi connectivity index (χ0n) is 7.33. The van der Waals surface area contributed by atoms with Gasteiger partial charge in [0.05, 0.1) is 0 Å². The molecule has 1 aromatic rings. The lowest BCUT2D eigenvalue weighted by Gasteiger charge is -2.32. The second-order valence-electron chi connectivity index (χ2n) is 3.13. The molecule has 2 rings (SSSR count). The van der Waals surface area contributed by atoms with E-state index in [-0.39, 0.29) is 0 Å². The lowest BCUT2D eigenvalue weighted by molar-refractivity contribution is 0.609. The highest BCUT2D eigenvalue weighted by Gasteiger charge is 2.16. The SMILES string of the molecule is C#Cc1cc(N)cc(N2CCC2)n1. The molecule has 3 heteroatoms. The molecule has 0 bridgehead atoms. The van der Waals surface area contributed by atoms with Crippen molar-refractivity contribution in [1.82, 2.24) is 4.98 Å². The second-order valence-corrected chi connectivity index (χ2v) is 3.13. The van der Waals surface area contributed by atoms with Gasteiger partial charge in [0, 0.05) is 24.8 Å². The van der Waals surface area contributed by atoms with Crippen molar-refractivity contribution < 1.29 is 0 Å². The maximum Gasteiger partial charge on any atom is 0.132 e. The molecule has 0 spiro atoms. The van der Waals surface area contributed by atoms with Crippen molar-refractivity contribution in [3.63, 3.8) is 0 Å². The topological polar surface area (TPSA) is 42.1 Å². The molecule has 0 amide bonds. The van der Waals surface area contributed by atoms with Gasteiger partial charge in [0.2, 0.25) is 0 Å². The normalized spacial score (nSPS) is 14.8. The van der Waals surface area contributed by atoms with Gasteiger partial charge in [-0.2, -0.15) is 0 Å². The summed E-state index contributed by atoms with van der Waals surface area (Å²) in [6, 6.07) is 3.57. The number of anilines is 2. The van der Waals surface area contributed by atoms with Crippen LogP contribution in [0.2, 0.25) is 0 Å². The molecule has 0 unspecified atom stereocenters. The first kappa shape index (κ1) is 7.93. The summed E-state index contributed by atoms with van der Waals surface area (Å²) in [5.41, 5.74) is 6.99. The number of rotatable bonds is 1. The van der Waals surface area contributed by atoms with Gasteiger partial charge >= 0.3 is 0 Å². The molecule has 3 nitrogen and oxygen atoms in total. The number of nitrogens with zero attached hydrogens (tertiary/aromatic N) is 2. The van der Waals surface area contributed by atoms with Gasteiger partial charge < -0.3 is 10.6 Å². The van der Waals surface area contributed by atoms with Gasteiger partial charge in [-0.1, -0.05) is 5.92 Å². The molecule has 13 heavy (non-hydrogen) atoms. The van der Waals surface area contributed by atoms with Crippen molar-refractivity contribution in [2.45, 2.75) is 6.42 Å². The summed E-state index contributed by atoms with van der Waals surface area (Å²) in [4.78, 5) is 6.45. The first-order valence-electron chi connectivity index (χ1n) is 4.29. The molecule has 0 aromatic carbocycles. The Hall–Kier alpha value is -1.69. The van der Waals surface area contributed by atoms with E-state index in [0.29, 0.717) is 11.4 Å². The molecule has 0 radical (unpaired) electrons. The molecule has 1 fully saturated rings. The molecule has 0 saturated carbocycles. The highest BCUT2D eigenvalue weighted by atomic mass is 15.2. The average Bonchev–Trinajstić information content (AvgIpc) is 2.00. The summed E-state index contributed by atoms with van der Waals surface area (Å²) < 4.78 is 0. The van der Waals surface area contributed by atoms with Crippen LogP contribution in [0.15, 0.2) is 12.1 Å². The number of hydrogen-bond donors (Lipinski definition) is 1. The number of pyridine rings is 1. The molecule has 2 heterocycles. The Morgan fingerprint density at radius 2 is 2.23 bits per heavy atom. The molecule has 66 valence electrons. The Balaban J connectivity index is 2.35. The Morgan fingerprint density at radius 3 is 2.77 bits per heavy atom. The molecule has 2 N–H and O–H groups in total. The third-order valence-corrected chi connectivity index (χ3v) is 2.16. The van der Waals surface area contributed by atoms with Gasteiger partial charge in [-0.05, 0) is 12.5 Å². The van der Waals surface area contributed by atoms with Crippen LogP contribution in [0, 0.1) is 12.3 Å². The summed E-state index contributed by atoms with van der Waals surface area (Å²) in [6.07, 6.45) is 6.48. The summed E-state index contributed by atoms with van der Waals surface area (Å²) >= 11 is 0. The predicted octanol–water partition coefficient (Wildman–Crippen LogP) is 0.855. The Kier molecular flexibility index (Phi) is 1.82. The van der Waals surface area contributed by atoms with E-state index in [2.05, 4.69) is 15.8 Å². The van der Waals surface area contributed by atoms with E-state index in [1.165, 1.54) is 6.42 Å². The molecule has 1 aromatic heterocycles. The van der Waals surface area contributed by atoms with Crippen molar-refractivity contribution in [3.8, 4) is 12.3 Å². The third-order valence-electron chi connectivity index (χ3n) is 2.16. The maximum atomic E-state index is 5.69. The van der Waals surface area contributed by atoms with Crippen LogP contribution in [-0.4, -0.2) is 18.1 Å². The van der Waals surface area contributed by atoms with Gasteiger partial charge in [0.25, 0.3) is 0 Å². The maximum absolute atomic E-state index is 5.69. The largest absolute Gasteiger partial charge is 0.399 e. The minimum atomic E-state index is 0.613. The molecular formula is C10H11N3. The monoisotopic (exact) mass is 173 g/mol. The van der Waals surface area contributed by atoms with E-state index in [1.807, 2.05) is 6.07 Å². The molecule has 0 aliphatic carbocycles. The standard InChI is InChI=1S/C10H11N3/c1-2-9-6-8(11)7-10(12-9)13-4-3-5-13/h1,6-7H,3-5H2,(H2,11,12). The zero-order valence-corrected chi connectivity index (χ0v) is 7.33. The second kappa shape index (κ2) is 2.98. The van der Waals surface area contributed by atoms with Crippen LogP contribution in [0.1, 0.15) is 12.1 Å². The van der Waals surface area contributed by atoms with Crippen LogP contribution in [0.3, 0.4) is 0 Å². The van der Waals surface area contributed by atoms with Crippen molar-refractivity contribution in [2.24, 2.45) is 0 Å². The molecule has 1 saturated heterocycles. The zero-order chi connectivity index (χ0) is 9.26. The van der Waals surface area contributed by atoms with Crippen LogP contribution in [0.4, 0.5) is 11.5 Å². The van der Waals surface area contributed by atoms with E-state index in [0.717, 1.165) is 18.9 Å². The third kappa shape index (κ3) is 1.43. The molecular weight excluding hydrogens is 162 g/mol. The van der Waals surface area contributed by atoms with Gasteiger partial charge in [-0.15, -0.1) is 6.42 Å². The average molecular weight is 173 g/mol. The van der Waals surface area contributed by atoms with E-state index >= 15 is 0 Å². The fourth-order valence-electron chi connectivity index (χ4n) is 1.32. The summed E-state index contributed by atoms with van der Waals surface area (Å²) in [5, 5.41) is 0. The van der Waals surface area contributed by atoms with E-state index in [9.17, 15) is 0 Å². The Labute approximate surface area is 77.6 Å². The number of nitrogens with two attached hydrogens (primary N) is 1. The first-order chi connectivity index (χ1) is 6.29. The van der Waals surface area contributed by atoms with Crippen LogP contribution >= 0.6 is 0 Å². The molecule has 0 atom stereocenters. The number of hydrogen-bond acceptors (Lipinski definition) is 3. The van der Waals surface area contributed by atoms with Crippen molar-refractivity contribution >= 4 is 11.5 Å². The van der Waals surface area contributed by atoms with E-state index in [1.54, 1.807) is 6.07 Å². The fourth-order valence-corrected chi connectivity index (χ4v) is 1.32. The van der Waals surface area contributed by atoms with Crippen LogP contribution in [-0.2, 0) is 0 Å². The van der Waals surface area contributed by atoms with E-state index in [4.69, 9.17) is 12.2 Å². The van der Waals surface area contributed by atoms with Crippen molar-refractivity contribution in [1.29, 1.82) is 0 Å². The quantitative estimate of drug-likeness (QED) is 0.640. The van der Waals surface area contributed by atoms with Crippen LogP contribution < -0.4 is 10.6 Å². The van der Waals surface area contributed by atoms with Gasteiger partial charge in [-0.3, -0.25) is 0 Å². The van der Waals surface area contributed by atoms with Gasteiger partial charge in [-0.25, -0.2) is 4.98 Å². The predicted molar refractivity (Wildman–Crippen MR) is 53.4 cm³/mol. The van der Waals surface area contributed by atoms with Crippen LogP contribution in [0.5, 0.6) is 0 Å². The minimum absolute atomic E-state index is 0.613. The summed E-state index contributed by atoms with van der Waals surface area (Å²) in [6.45, 7) is 2.11. The van der Waals surface area contributed by atoms with Gasteiger partial charge in [0.15, 0.2) is 0 Å². The summed E-state index contributed by atoms with van der Waals surface area (Å²) in [7, 11) is 0. The number of aromatic nitrogens is 1. The lowest BCUT2D eigenvalue weighted by atomic mass is 10.2. The van der Waals surface area contributed by atoms with E-state index < -0.39 is 0 Å². The minimum Gasteiger partial charge on any atom is -0.399 e. The van der Waals surface area contributed by atoms with Crippen molar-refractivity contribution in [3.05, 3.63) is 17.8 Å². The molecule has 1 aliphatic rings. The molecule has 1 aliphatic heterocycles. The number of terminal acetylenes is 1. The summed E-state index contributed by atoms with van der Waals surface area (Å²) in [5.74, 6) is 3.40. The first-order valence-corrected chi connectivity index (χ1v) is 4.29. The highest BCUT2D eigenvalue weighted by Crippen LogP contribution is 2.20. The Morgan fingerprint density at radius 1 is 1.46 bits per heavy atom. The van der Waals surface area contributed by atoms with Gasteiger partial charge in [0.1, 0.15) is 11.5 Å². The fraction of sp³-hybridized carbons (Fsp3) is 0.300. The van der Waals surface area contributed by atoms with Crippen LogP contribution in [0.25, 0.3) is 0 Å². The highest BCUT2D eigenvalue weighted by molar-refractivity contribution is 5.55. The smallest absolute Gasteiger partial charge is 0.132 e.